The van der Waals surface area contributed by atoms with Crippen molar-refractivity contribution in [2.24, 2.45) is 16.5 Å². The van der Waals surface area contributed by atoms with Crippen LogP contribution in [0.1, 0.15) is 44.4 Å². The topological polar surface area (TPSA) is 109 Å². The second-order valence-corrected chi connectivity index (χ2v) is 9.45. The fraction of sp³-hybridized carbons (Fsp3) is 0.522. The van der Waals surface area contributed by atoms with E-state index in [1.165, 1.54) is 6.08 Å². The van der Waals surface area contributed by atoms with Gasteiger partial charge in [-0.15, -0.1) is 0 Å². The number of piperidine rings is 1. The van der Waals surface area contributed by atoms with Crippen LogP contribution in [0.25, 0.3) is 11.1 Å². The molecule has 32 heavy (non-hydrogen) atoms. The summed E-state index contributed by atoms with van der Waals surface area (Å²) in [5.74, 6) is -0.255. The summed E-state index contributed by atoms with van der Waals surface area (Å²) in [4.78, 5) is 18.3. The number of halogens is 1. The number of allylic oxidation sites excluding steroid dienone is 3. The summed E-state index contributed by atoms with van der Waals surface area (Å²) in [6.07, 6.45) is 11.1. The van der Waals surface area contributed by atoms with Gasteiger partial charge < -0.3 is 21.7 Å². The first-order valence-electron chi connectivity index (χ1n) is 11.0. The van der Waals surface area contributed by atoms with Crippen LogP contribution in [0.2, 0.25) is 0 Å². The Hall–Kier alpha value is -2.62. The van der Waals surface area contributed by atoms with Gasteiger partial charge in [0.15, 0.2) is 5.79 Å². The molecule has 0 spiro atoms. The van der Waals surface area contributed by atoms with Gasteiger partial charge in [0, 0.05) is 48.9 Å². The summed E-state index contributed by atoms with van der Waals surface area (Å²) in [7, 11) is 3.92. The van der Waals surface area contributed by atoms with Crippen LogP contribution < -0.4 is 21.7 Å². The molecular formula is C23H33FN8. The van der Waals surface area contributed by atoms with Crippen LogP contribution in [0.5, 0.6) is 0 Å². The molecule has 0 amide bonds. The van der Waals surface area contributed by atoms with Crippen molar-refractivity contribution in [2.75, 3.05) is 32.1 Å². The lowest BCUT2D eigenvalue weighted by atomic mass is 9.88. The molecule has 3 heterocycles. The van der Waals surface area contributed by atoms with E-state index in [4.69, 9.17) is 16.5 Å². The molecule has 0 bridgehead atoms. The van der Waals surface area contributed by atoms with Crippen molar-refractivity contribution in [1.29, 1.82) is 0 Å². The Morgan fingerprint density at radius 2 is 1.94 bits per heavy atom. The van der Waals surface area contributed by atoms with E-state index >= 15 is 0 Å². The van der Waals surface area contributed by atoms with Crippen molar-refractivity contribution in [3.8, 4) is 0 Å². The van der Waals surface area contributed by atoms with Crippen molar-refractivity contribution < 1.29 is 4.39 Å². The molecule has 9 heteroatoms. The molecule has 0 aromatic carbocycles. The molecule has 1 saturated heterocycles. The highest BCUT2D eigenvalue weighted by atomic mass is 19.1. The van der Waals surface area contributed by atoms with E-state index in [1.807, 2.05) is 44.4 Å². The highest BCUT2D eigenvalue weighted by Crippen LogP contribution is 2.34. The van der Waals surface area contributed by atoms with Gasteiger partial charge in [0.1, 0.15) is 5.83 Å². The number of hydrogen-bond donors (Lipinski definition) is 3. The molecule has 4 rings (SSSR count). The monoisotopic (exact) mass is 440 g/mol. The third-order valence-electron chi connectivity index (χ3n) is 6.58. The van der Waals surface area contributed by atoms with Crippen molar-refractivity contribution in [2.45, 2.75) is 50.5 Å². The van der Waals surface area contributed by atoms with Gasteiger partial charge in [0.25, 0.3) is 0 Å². The summed E-state index contributed by atoms with van der Waals surface area (Å²) in [6, 6.07) is 0.214. The van der Waals surface area contributed by atoms with Crippen LogP contribution in [0.15, 0.2) is 35.4 Å². The number of rotatable bonds is 4. The Morgan fingerprint density at radius 1 is 1.22 bits per heavy atom. The van der Waals surface area contributed by atoms with Gasteiger partial charge in [0.2, 0.25) is 5.95 Å². The average Bonchev–Trinajstić information content (AvgIpc) is 2.76. The second kappa shape index (κ2) is 8.38. The SMILES string of the molecule is CN(C)[C@]1(C)N=CC(c2cnc(N3CCC(N)CC3)nc2C2=CCC(C)(N)C(F)=C2)=CN1. The molecule has 2 atom stereocenters. The standard InChI is InChI=1S/C23H33FN8/c1-22(26)8-5-15(11-19(22)24)20-18(16-12-28-23(2,29-13-16)31(3)4)14-27-21(30-20)32-9-6-17(25)7-10-32/h5,11-14,17,28H,6-10,25-26H2,1-4H3/t22?,23-/m0/s1. The van der Waals surface area contributed by atoms with Crippen LogP contribution >= 0.6 is 0 Å². The smallest absolute Gasteiger partial charge is 0.225 e. The minimum Gasteiger partial charge on any atom is -0.355 e. The van der Waals surface area contributed by atoms with Gasteiger partial charge in [-0.1, -0.05) is 6.08 Å². The first kappa shape index (κ1) is 22.6. The van der Waals surface area contributed by atoms with Crippen LogP contribution in [-0.2, 0) is 0 Å². The second-order valence-electron chi connectivity index (χ2n) is 9.45. The van der Waals surface area contributed by atoms with Crippen molar-refractivity contribution in [3.63, 3.8) is 0 Å². The Balaban J connectivity index is 1.73. The predicted molar refractivity (Wildman–Crippen MR) is 128 cm³/mol. The molecule has 172 valence electrons. The van der Waals surface area contributed by atoms with Gasteiger partial charge in [-0.2, -0.15) is 0 Å². The molecule has 1 unspecified atom stereocenters. The molecule has 1 aromatic rings. The van der Waals surface area contributed by atoms with E-state index in [0.717, 1.165) is 37.1 Å². The molecule has 0 radical (unpaired) electrons. The van der Waals surface area contributed by atoms with Gasteiger partial charge in [-0.3, -0.25) is 9.89 Å². The summed E-state index contributed by atoms with van der Waals surface area (Å²) in [5, 5.41) is 3.34. The number of aliphatic imine (C=N–C) groups is 1. The number of nitrogens with two attached hydrogens (primary N) is 2. The van der Waals surface area contributed by atoms with E-state index in [0.29, 0.717) is 23.6 Å². The molecule has 5 N–H and O–H groups in total. The largest absolute Gasteiger partial charge is 0.355 e. The molecule has 1 fully saturated rings. The lowest BCUT2D eigenvalue weighted by Crippen LogP contribution is -2.51. The van der Waals surface area contributed by atoms with Gasteiger partial charge in [-0.25, -0.2) is 14.4 Å². The molecule has 1 aliphatic carbocycles. The van der Waals surface area contributed by atoms with Crippen molar-refractivity contribution in [1.82, 2.24) is 20.2 Å². The van der Waals surface area contributed by atoms with Crippen molar-refractivity contribution in [3.05, 3.63) is 41.6 Å². The van der Waals surface area contributed by atoms with Crippen LogP contribution in [0.3, 0.4) is 0 Å². The molecule has 8 nitrogen and oxygen atoms in total. The van der Waals surface area contributed by atoms with E-state index in [2.05, 4.69) is 20.2 Å². The zero-order valence-corrected chi connectivity index (χ0v) is 19.3. The maximum Gasteiger partial charge on any atom is 0.225 e. The highest BCUT2D eigenvalue weighted by Gasteiger charge is 2.30. The number of aromatic nitrogens is 2. The van der Waals surface area contributed by atoms with Crippen LogP contribution in [0, 0.1) is 0 Å². The summed E-state index contributed by atoms with van der Waals surface area (Å²) < 4.78 is 14.7. The van der Waals surface area contributed by atoms with E-state index < -0.39 is 11.3 Å². The normalized spacial score (nSPS) is 28.9. The Labute approximate surface area is 189 Å². The maximum atomic E-state index is 14.7. The summed E-state index contributed by atoms with van der Waals surface area (Å²) in [6.45, 7) is 5.29. The molecule has 1 aromatic heterocycles. The lowest BCUT2D eigenvalue weighted by Gasteiger charge is -2.35. The molecule has 3 aliphatic rings. The number of nitrogens with one attached hydrogen (secondary N) is 1. The number of nitrogens with zero attached hydrogens (tertiary/aromatic N) is 5. The Morgan fingerprint density at radius 3 is 2.53 bits per heavy atom. The number of hydrogen-bond acceptors (Lipinski definition) is 8. The maximum absolute atomic E-state index is 14.7. The fourth-order valence-electron chi connectivity index (χ4n) is 3.88. The zero-order valence-electron chi connectivity index (χ0n) is 19.3. The third-order valence-corrected chi connectivity index (χ3v) is 6.58. The van der Waals surface area contributed by atoms with Crippen LogP contribution in [0.4, 0.5) is 10.3 Å². The van der Waals surface area contributed by atoms with E-state index in [9.17, 15) is 4.39 Å². The molecule has 2 aliphatic heterocycles. The van der Waals surface area contributed by atoms with Gasteiger partial charge in [0.05, 0.1) is 11.2 Å². The van der Waals surface area contributed by atoms with Crippen molar-refractivity contribution >= 4 is 23.3 Å². The zero-order chi connectivity index (χ0) is 23.1. The Kier molecular flexibility index (Phi) is 5.91. The number of anilines is 1. The lowest BCUT2D eigenvalue weighted by molar-refractivity contribution is 0.157. The first-order valence-corrected chi connectivity index (χ1v) is 11.0. The highest BCUT2D eigenvalue weighted by molar-refractivity contribution is 6.12. The minimum atomic E-state index is -0.997. The van der Waals surface area contributed by atoms with Crippen LogP contribution in [-0.4, -0.2) is 65.6 Å². The third kappa shape index (κ3) is 4.32. The predicted octanol–water partition coefficient (Wildman–Crippen LogP) is 2.01. The van der Waals surface area contributed by atoms with E-state index in [1.54, 1.807) is 13.1 Å². The quantitative estimate of drug-likeness (QED) is 0.657. The van der Waals surface area contributed by atoms with E-state index in [-0.39, 0.29) is 11.9 Å². The summed E-state index contributed by atoms with van der Waals surface area (Å²) in [5.41, 5.74) is 14.1. The minimum absolute atomic E-state index is 0.214. The Bertz CT molecular complexity index is 1000. The first-order chi connectivity index (χ1) is 15.1. The van der Waals surface area contributed by atoms with Gasteiger partial charge >= 0.3 is 0 Å². The van der Waals surface area contributed by atoms with Gasteiger partial charge in [-0.05, 0) is 58.9 Å². The average molecular weight is 441 g/mol. The molecule has 0 saturated carbocycles. The molecular weight excluding hydrogens is 407 g/mol. The fourth-order valence-corrected chi connectivity index (χ4v) is 3.88. The summed E-state index contributed by atoms with van der Waals surface area (Å²) >= 11 is 0.